The molecule has 0 bridgehead atoms. The van der Waals surface area contributed by atoms with E-state index in [1.54, 1.807) is 18.2 Å². The fourth-order valence-corrected chi connectivity index (χ4v) is 5.01. The molecular weight excluding hydrogens is 420 g/mol. The average molecular weight is 430 g/mol. The summed E-state index contributed by atoms with van der Waals surface area (Å²) in [6, 6.07) is 10.5. The molecule has 24 heavy (non-hydrogen) atoms. The Labute approximate surface area is 151 Å². The molecule has 0 atom stereocenters. The zero-order valence-corrected chi connectivity index (χ0v) is 15.2. The maximum atomic E-state index is 13.0. The number of nitrogens with zero attached hydrogens (tertiary/aromatic N) is 2. The van der Waals surface area contributed by atoms with Gasteiger partial charge in [-0.15, -0.1) is 11.6 Å². The van der Waals surface area contributed by atoms with E-state index in [-0.39, 0.29) is 16.5 Å². The van der Waals surface area contributed by atoms with E-state index in [0.29, 0.717) is 20.9 Å². The topological polar surface area (TPSA) is 82.2 Å². The normalized spacial score (nSPS) is 11.8. The third-order valence-corrected chi connectivity index (χ3v) is 6.54. The van der Waals surface area contributed by atoms with Crippen molar-refractivity contribution in [3.63, 3.8) is 0 Å². The van der Waals surface area contributed by atoms with Gasteiger partial charge in [0, 0.05) is 34.1 Å². The van der Waals surface area contributed by atoms with Gasteiger partial charge in [-0.1, -0.05) is 12.1 Å². The molecule has 0 spiro atoms. The van der Waals surface area contributed by atoms with Crippen LogP contribution in [0.1, 0.15) is 5.56 Å². The number of hydrogen-bond donors (Lipinski definition) is 0. The monoisotopic (exact) mass is 428 g/mol. The highest BCUT2D eigenvalue weighted by atomic mass is 79.9. The fraction of sp³-hybridized carbons (Fsp3) is 0.0667. The van der Waals surface area contributed by atoms with Gasteiger partial charge in [-0.3, -0.25) is 10.1 Å². The quantitative estimate of drug-likeness (QED) is 0.352. The van der Waals surface area contributed by atoms with Crippen LogP contribution in [0, 0.1) is 10.1 Å². The summed E-state index contributed by atoms with van der Waals surface area (Å²) in [5.41, 5.74) is 0.725. The third kappa shape index (κ3) is 2.70. The summed E-state index contributed by atoms with van der Waals surface area (Å²) in [5.74, 6) is 0.0378. The molecule has 9 heteroatoms. The van der Waals surface area contributed by atoms with Gasteiger partial charge in [-0.25, -0.2) is 12.4 Å². The Morgan fingerprint density at radius 1 is 1.21 bits per heavy atom. The Balaban J connectivity index is 2.31. The first-order valence-corrected chi connectivity index (χ1v) is 9.47. The molecule has 6 nitrogen and oxygen atoms in total. The number of halogens is 2. The van der Waals surface area contributed by atoms with Crippen LogP contribution in [0.25, 0.3) is 10.9 Å². The van der Waals surface area contributed by atoms with Crippen LogP contribution in [0.15, 0.2) is 58.0 Å². The average Bonchev–Trinajstić information content (AvgIpc) is 2.93. The van der Waals surface area contributed by atoms with Crippen molar-refractivity contribution in [2.45, 2.75) is 10.8 Å². The maximum Gasteiger partial charge on any atom is 0.270 e. The molecule has 124 valence electrons. The van der Waals surface area contributed by atoms with Gasteiger partial charge >= 0.3 is 0 Å². The molecular formula is C15H10BrClN2O4S. The van der Waals surface area contributed by atoms with E-state index < -0.39 is 14.9 Å². The highest BCUT2D eigenvalue weighted by molar-refractivity contribution is 9.10. The molecule has 3 rings (SSSR count). The van der Waals surface area contributed by atoms with Gasteiger partial charge < -0.3 is 0 Å². The summed E-state index contributed by atoms with van der Waals surface area (Å²) in [4.78, 5) is 10.5. The van der Waals surface area contributed by atoms with E-state index in [2.05, 4.69) is 15.9 Å². The Bertz CT molecular complexity index is 1060. The lowest BCUT2D eigenvalue weighted by Gasteiger charge is -2.09. The molecule has 0 radical (unpaired) electrons. The van der Waals surface area contributed by atoms with Gasteiger partial charge in [0.2, 0.25) is 0 Å². The minimum absolute atomic E-state index is 0.0378. The second-order valence-corrected chi connectivity index (χ2v) is 7.88. The molecule has 1 heterocycles. The molecule has 0 amide bonds. The number of non-ortho nitro benzene ring substituents is 1. The largest absolute Gasteiger partial charge is 0.270 e. The van der Waals surface area contributed by atoms with Crippen LogP contribution < -0.4 is 0 Å². The Morgan fingerprint density at radius 2 is 1.92 bits per heavy atom. The summed E-state index contributed by atoms with van der Waals surface area (Å²) in [5, 5.41) is 11.4. The number of rotatable bonds is 4. The van der Waals surface area contributed by atoms with Gasteiger partial charge in [0.1, 0.15) is 4.90 Å². The molecule has 0 aliphatic heterocycles. The molecule has 0 aliphatic rings. The van der Waals surface area contributed by atoms with Crippen molar-refractivity contribution >= 4 is 54.1 Å². The first-order chi connectivity index (χ1) is 11.4. The Kier molecular flexibility index (Phi) is 4.37. The van der Waals surface area contributed by atoms with Crippen LogP contribution in [0.5, 0.6) is 0 Å². The third-order valence-electron chi connectivity index (χ3n) is 3.56. The second kappa shape index (κ2) is 6.19. The van der Waals surface area contributed by atoms with Gasteiger partial charge in [0.05, 0.1) is 10.4 Å². The SMILES string of the molecule is O=[N+]([O-])c1ccc2c(c1)c(CCl)cn2S(=O)(=O)c1ccccc1Br. The van der Waals surface area contributed by atoms with E-state index in [9.17, 15) is 18.5 Å². The van der Waals surface area contributed by atoms with Crippen LogP contribution in [0.2, 0.25) is 0 Å². The number of aromatic nitrogens is 1. The van der Waals surface area contributed by atoms with Gasteiger partial charge in [-0.05, 0) is 39.7 Å². The number of nitro benzene ring substituents is 1. The van der Waals surface area contributed by atoms with Crippen molar-refractivity contribution < 1.29 is 13.3 Å². The van der Waals surface area contributed by atoms with Crippen molar-refractivity contribution in [2.24, 2.45) is 0 Å². The summed E-state index contributed by atoms with van der Waals surface area (Å²) < 4.78 is 27.5. The molecule has 0 aliphatic carbocycles. The first-order valence-electron chi connectivity index (χ1n) is 6.70. The van der Waals surface area contributed by atoms with Crippen molar-refractivity contribution in [2.75, 3.05) is 0 Å². The summed E-state index contributed by atoms with van der Waals surface area (Å²) in [6.07, 6.45) is 1.40. The molecule has 0 N–H and O–H groups in total. The van der Waals surface area contributed by atoms with E-state index >= 15 is 0 Å². The van der Waals surface area contributed by atoms with Gasteiger partial charge in [-0.2, -0.15) is 0 Å². The minimum Gasteiger partial charge on any atom is -0.258 e. The highest BCUT2D eigenvalue weighted by Crippen LogP contribution is 2.31. The number of alkyl halides is 1. The van der Waals surface area contributed by atoms with E-state index in [4.69, 9.17) is 11.6 Å². The Hall–Kier alpha value is -1.90. The lowest BCUT2D eigenvalue weighted by molar-refractivity contribution is -0.384. The minimum atomic E-state index is -3.88. The van der Waals surface area contributed by atoms with Crippen molar-refractivity contribution in [3.05, 3.63) is 68.8 Å². The zero-order valence-electron chi connectivity index (χ0n) is 12.0. The van der Waals surface area contributed by atoms with E-state index in [1.807, 2.05) is 0 Å². The maximum absolute atomic E-state index is 13.0. The molecule has 0 saturated carbocycles. The zero-order chi connectivity index (χ0) is 17.5. The van der Waals surface area contributed by atoms with Gasteiger partial charge in [0.25, 0.3) is 15.7 Å². The van der Waals surface area contributed by atoms with Crippen molar-refractivity contribution in [3.8, 4) is 0 Å². The number of hydrogen-bond acceptors (Lipinski definition) is 4. The molecule has 0 saturated heterocycles. The smallest absolute Gasteiger partial charge is 0.258 e. The summed E-state index contributed by atoms with van der Waals surface area (Å²) in [6.45, 7) is 0. The van der Waals surface area contributed by atoms with E-state index in [1.165, 1.54) is 30.5 Å². The number of nitro groups is 1. The van der Waals surface area contributed by atoms with Crippen LogP contribution in [-0.2, 0) is 15.9 Å². The van der Waals surface area contributed by atoms with Crippen LogP contribution in [-0.4, -0.2) is 17.3 Å². The van der Waals surface area contributed by atoms with Gasteiger partial charge in [0.15, 0.2) is 0 Å². The summed E-state index contributed by atoms with van der Waals surface area (Å²) in [7, 11) is -3.88. The molecule has 2 aromatic carbocycles. The summed E-state index contributed by atoms with van der Waals surface area (Å²) >= 11 is 9.13. The van der Waals surface area contributed by atoms with Crippen molar-refractivity contribution in [1.82, 2.24) is 3.97 Å². The number of benzene rings is 2. The highest BCUT2D eigenvalue weighted by Gasteiger charge is 2.24. The number of fused-ring (bicyclic) bond motifs is 1. The molecule has 0 fully saturated rings. The van der Waals surface area contributed by atoms with Crippen LogP contribution in [0.4, 0.5) is 5.69 Å². The predicted molar refractivity (Wildman–Crippen MR) is 94.9 cm³/mol. The predicted octanol–water partition coefficient (Wildman–Crippen LogP) is 4.29. The molecule has 0 unspecified atom stereocenters. The Morgan fingerprint density at radius 3 is 2.54 bits per heavy atom. The first kappa shape index (κ1) is 16.9. The lowest BCUT2D eigenvalue weighted by atomic mass is 10.2. The van der Waals surface area contributed by atoms with Crippen LogP contribution >= 0.6 is 27.5 Å². The second-order valence-electron chi connectivity index (χ2n) is 4.98. The molecule has 3 aromatic rings. The fourth-order valence-electron chi connectivity index (χ4n) is 2.43. The van der Waals surface area contributed by atoms with Crippen LogP contribution in [0.3, 0.4) is 0 Å². The standard InChI is InChI=1S/C15H10BrClN2O4S/c16-13-3-1-2-4-15(13)24(22,23)18-9-10(8-17)12-7-11(19(20)21)5-6-14(12)18/h1-7,9H,8H2. The van der Waals surface area contributed by atoms with Crippen molar-refractivity contribution in [1.29, 1.82) is 0 Å². The lowest BCUT2D eigenvalue weighted by Crippen LogP contribution is -2.12. The molecule has 1 aromatic heterocycles. The van der Waals surface area contributed by atoms with E-state index in [0.717, 1.165) is 3.97 Å².